The van der Waals surface area contributed by atoms with E-state index in [2.05, 4.69) is 13.8 Å². The van der Waals surface area contributed by atoms with Crippen LogP contribution < -0.4 is 0 Å². The second-order valence-electron chi connectivity index (χ2n) is 3.61. The van der Waals surface area contributed by atoms with Crippen LogP contribution in [0.4, 0.5) is 0 Å². The van der Waals surface area contributed by atoms with Gasteiger partial charge in [-0.25, -0.2) is 0 Å². The Balaban J connectivity index is 2.49. The quantitative estimate of drug-likeness (QED) is 0.472. The minimum absolute atomic E-state index is 0.338. The number of carbonyl (C=O) groups excluding carboxylic acids is 1. The molecule has 1 aliphatic rings. The van der Waals surface area contributed by atoms with Gasteiger partial charge in [0.25, 0.3) is 0 Å². The Bertz CT molecular complexity index is 129. The highest BCUT2D eigenvalue weighted by molar-refractivity contribution is 5.81. The molecule has 0 N–H and O–H groups in total. The van der Waals surface area contributed by atoms with Crippen LogP contribution in [0.3, 0.4) is 0 Å². The second kappa shape index (κ2) is 3.18. The first-order valence-electron chi connectivity index (χ1n) is 4.23. The molecule has 58 valence electrons. The summed E-state index contributed by atoms with van der Waals surface area (Å²) in [6.07, 6.45) is 4.43. The number of carbonyl (C=O) groups is 1. The normalized spacial score (nSPS) is 35.6. The Labute approximate surface area is 62.8 Å². The van der Waals surface area contributed by atoms with Crippen LogP contribution in [0.2, 0.25) is 0 Å². The minimum atomic E-state index is 0.338. The molecular weight excluding hydrogens is 124 g/mol. The van der Waals surface area contributed by atoms with Crippen LogP contribution in [0.15, 0.2) is 0 Å². The Kier molecular flexibility index (Phi) is 2.47. The summed E-state index contributed by atoms with van der Waals surface area (Å²) < 4.78 is 0. The largest absolute Gasteiger partial charge is 0.299 e. The van der Waals surface area contributed by atoms with Crippen LogP contribution in [0, 0.1) is 11.8 Å². The van der Waals surface area contributed by atoms with Crippen LogP contribution in [0.25, 0.3) is 0 Å². The molecule has 0 bridgehead atoms. The molecule has 0 aromatic carbocycles. The van der Waals surface area contributed by atoms with Crippen LogP contribution >= 0.6 is 0 Å². The van der Waals surface area contributed by atoms with Crippen molar-refractivity contribution in [3.63, 3.8) is 0 Å². The molecule has 0 aromatic rings. The van der Waals surface area contributed by atoms with Crippen LogP contribution in [0.5, 0.6) is 0 Å². The molecule has 0 aliphatic heterocycles. The third-order valence-electron chi connectivity index (χ3n) is 2.43. The lowest BCUT2D eigenvalue weighted by atomic mass is 9.99. The van der Waals surface area contributed by atoms with Gasteiger partial charge in [-0.3, -0.25) is 4.79 Å². The number of rotatable bonds is 0. The van der Waals surface area contributed by atoms with Crippen molar-refractivity contribution in [2.45, 2.75) is 39.5 Å². The molecule has 1 saturated carbocycles. The summed E-state index contributed by atoms with van der Waals surface area (Å²) >= 11 is 0. The maximum atomic E-state index is 11.2. The standard InChI is InChI=1S/C9H16O/c1-7-4-3-5-8(2)9(10)6-7/h7-8H,3-6H2,1-2H3/t7-,8-/m1/s1. The van der Waals surface area contributed by atoms with Gasteiger partial charge in [0.15, 0.2) is 0 Å². The van der Waals surface area contributed by atoms with Gasteiger partial charge < -0.3 is 0 Å². The molecule has 0 aromatic heterocycles. The molecular formula is C9H16O. The van der Waals surface area contributed by atoms with Gasteiger partial charge in [0.05, 0.1) is 0 Å². The number of hydrogen-bond donors (Lipinski definition) is 0. The molecule has 0 spiro atoms. The topological polar surface area (TPSA) is 17.1 Å². The van der Waals surface area contributed by atoms with E-state index in [4.69, 9.17) is 0 Å². The fraction of sp³-hybridized carbons (Fsp3) is 0.889. The average Bonchev–Trinajstić information content (AvgIpc) is 1.96. The van der Waals surface area contributed by atoms with E-state index in [9.17, 15) is 4.79 Å². The molecule has 1 nitrogen and oxygen atoms in total. The van der Waals surface area contributed by atoms with Gasteiger partial charge in [-0.2, -0.15) is 0 Å². The SMILES string of the molecule is C[C@@H]1CCC[C@@H](C)C(=O)C1. The zero-order valence-corrected chi connectivity index (χ0v) is 6.89. The third kappa shape index (κ3) is 1.83. The van der Waals surface area contributed by atoms with Crippen molar-refractivity contribution >= 4 is 5.78 Å². The average molecular weight is 140 g/mol. The highest BCUT2D eigenvalue weighted by atomic mass is 16.1. The molecule has 0 saturated heterocycles. The van der Waals surface area contributed by atoms with Gasteiger partial charge in [-0.1, -0.05) is 26.7 Å². The first kappa shape index (κ1) is 7.77. The fourth-order valence-corrected chi connectivity index (χ4v) is 1.58. The smallest absolute Gasteiger partial charge is 0.135 e. The van der Waals surface area contributed by atoms with E-state index in [1.807, 2.05) is 0 Å². The summed E-state index contributed by atoms with van der Waals surface area (Å²) in [5, 5.41) is 0. The Morgan fingerprint density at radius 2 is 2.00 bits per heavy atom. The second-order valence-corrected chi connectivity index (χ2v) is 3.61. The molecule has 0 heterocycles. The van der Waals surface area contributed by atoms with Crippen LogP contribution in [0.1, 0.15) is 39.5 Å². The van der Waals surface area contributed by atoms with E-state index < -0.39 is 0 Å². The summed E-state index contributed by atoms with van der Waals surface area (Å²) in [7, 11) is 0. The first-order chi connectivity index (χ1) is 4.70. The van der Waals surface area contributed by atoms with Gasteiger partial charge >= 0.3 is 0 Å². The molecule has 1 fully saturated rings. The number of Topliss-reactive ketones (excluding diaryl/α,β-unsaturated/α-hetero) is 1. The third-order valence-corrected chi connectivity index (χ3v) is 2.43. The molecule has 0 unspecified atom stereocenters. The molecule has 1 aliphatic carbocycles. The van der Waals surface area contributed by atoms with Gasteiger partial charge in [0, 0.05) is 12.3 Å². The first-order valence-corrected chi connectivity index (χ1v) is 4.23. The number of hydrogen-bond acceptors (Lipinski definition) is 1. The summed E-state index contributed by atoms with van der Waals surface area (Å²) in [6.45, 7) is 4.23. The van der Waals surface area contributed by atoms with Gasteiger partial charge in [0.1, 0.15) is 5.78 Å². The predicted octanol–water partition coefficient (Wildman–Crippen LogP) is 2.40. The molecule has 2 atom stereocenters. The lowest BCUT2D eigenvalue weighted by Gasteiger charge is -2.04. The zero-order chi connectivity index (χ0) is 7.56. The predicted molar refractivity (Wildman–Crippen MR) is 41.8 cm³/mol. The van der Waals surface area contributed by atoms with E-state index >= 15 is 0 Å². The summed E-state index contributed by atoms with van der Waals surface area (Å²) in [5.74, 6) is 1.45. The monoisotopic (exact) mass is 140 g/mol. The number of ketones is 1. The van der Waals surface area contributed by atoms with Crippen molar-refractivity contribution in [2.24, 2.45) is 11.8 Å². The van der Waals surface area contributed by atoms with Crippen LogP contribution in [-0.2, 0) is 4.79 Å². The zero-order valence-electron chi connectivity index (χ0n) is 6.89. The highest BCUT2D eigenvalue weighted by Crippen LogP contribution is 2.23. The molecule has 10 heavy (non-hydrogen) atoms. The van der Waals surface area contributed by atoms with Gasteiger partial charge in [-0.05, 0) is 12.3 Å². The van der Waals surface area contributed by atoms with Crippen molar-refractivity contribution in [1.29, 1.82) is 0 Å². The van der Waals surface area contributed by atoms with Crippen molar-refractivity contribution in [3.8, 4) is 0 Å². The summed E-state index contributed by atoms with van der Waals surface area (Å²) in [4.78, 5) is 11.2. The van der Waals surface area contributed by atoms with E-state index in [-0.39, 0.29) is 0 Å². The summed E-state index contributed by atoms with van der Waals surface area (Å²) in [5.41, 5.74) is 0. The van der Waals surface area contributed by atoms with Gasteiger partial charge in [-0.15, -0.1) is 0 Å². The maximum Gasteiger partial charge on any atom is 0.135 e. The molecule has 1 rings (SSSR count). The van der Waals surface area contributed by atoms with E-state index in [0.717, 1.165) is 12.8 Å². The van der Waals surface area contributed by atoms with Crippen molar-refractivity contribution in [3.05, 3.63) is 0 Å². The van der Waals surface area contributed by atoms with Crippen molar-refractivity contribution in [1.82, 2.24) is 0 Å². The highest BCUT2D eigenvalue weighted by Gasteiger charge is 2.19. The van der Waals surface area contributed by atoms with Gasteiger partial charge in [0.2, 0.25) is 0 Å². The molecule has 0 amide bonds. The lowest BCUT2D eigenvalue weighted by molar-refractivity contribution is -0.122. The molecule has 0 radical (unpaired) electrons. The van der Waals surface area contributed by atoms with E-state index in [1.165, 1.54) is 12.8 Å². The minimum Gasteiger partial charge on any atom is -0.299 e. The fourth-order valence-electron chi connectivity index (χ4n) is 1.58. The maximum absolute atomic E-state index is 11.2. The Morgan fingerprint density at radius 3 is 2.70 bits per heavy atom. The Hall–Kier alpha value is -0.330. The Morgan fingerprint density at radius 1 is 1.30 bits per heavy atom. The van der Waals surface area contributed by atoms with Crippen LogP contribution in [-0.4, -0.2) is 5.78 Å². The molecule has 1 heteroatoms. The van der Waals surface area contributed by atoms with Crippen molar-refractivity contribution in [2.75, 3.05) is 0 Å². The van der Waals surface area contributed by atoms with E-state index in [0.29, 0.717) is 17.6 Å². The summed E-state index contributed by atoms with van der Waals surface area (Å²) in [6, 6.07) is 0. The van der Waals surface area contributed by atoms with Crippen molar-refractivity contribution < 1.29 is 4.79 Å². The van der Waals surface area contributed by atoms with E-state index in [1.54, 1.807) is 0 Å². The lowest BCUT2D eigenvalue weighted by Crippen LogP contribution is -2.09.